The number of nitrogens with two attached hydrogens (primary N) is 1. The van der Waals surface area contributed by atoms with Gasteiger partial charge in [0.25, 0.3) is 5.91 Å². The monoisotopic (exact) mass is 302 g/mol. The zero-order valence-corrected chi connectivity index (χ0v) is 12.2. The summed E-state index contributed by atoms with van der Waals surface area (Å²) in [7, 11) is 2.65. The molecule has 3 N–H and O–H groups in total. The summed E-state index contributed by atoms with van der Waals surface area (Å²) in [5.74, 6) is -1.00. The van der Waals surface area contributed by atoms with E-state index >= 15 is 0 Å². The van der Waals surface area contributed by atoms with E-state index in [4.69, 9.17) is 10.5 Å². The lowest BCUT2D eigenvalue weighted by Crippen LogP contribution is -2.44. The summed E-state index contributed by atoms with van der Waals surface area (Å²) < 4.78 is 9.61. The van der Waals surface area contributed by atoms with Crippen molar-refractivity contribution in [2.75, 3.05) is 20.8 Å². The van der Waals surface area contributed by atoms with Crippen LogP contribution in [0.3, 0.4) is 0 Å². The molecule has 1 rings (SSSR count). The molecule has 0 aliphatic heterocycles. The third-order valence-electron chi connectivity index (χ3n) is 2.65. The number of amides is 1. The summed E-state index contributed by atoms with van der Waals surface area (Å²) >= 11 is 0. The minimum absolute atomic E-state index is 0. The normalized spacial score (nSPS) is 12.8. The number of rotatable bonds is 6. The van der Waals surface area contributed by atoms with Crippen LogP contribution >= 0.6 is 12.4 Å². The highest BCUT2D eigenvalue weighted by atomic mass is 35.5. The largest absolute Gasteiger partial charge is 0.467 e. The fourth-order valence-corrected chi connectivity index (χ4v) is 1.59. The van der Waals surface area contributed by atoms with Gasteiger partial charge in [-0.1, -0.05) is 30.3 Å². The van der Waals surface area contributed by atoms with E-state index in [2.05, 4.69) is 10.1 Å². The molecule has 0 radical (unpaired) electrons. The number of halogens is 1. The highest BCUT2D eigenvalue weighted by molar-refractivity contribution is 5.87. The predicted octanol–water partition coefficient (Wildman–Crippen LogP) is 0.412. The molecular weight excluding hydrogens is 284 g/mol. The van der Waals surface area contributed by atoms with Crippen molar-refractivity contribution in [3.63, 3.8) is 0 Å². The second-order valence-electron chi connectivity index (χ2n) is 3.84. The number of methoxy groups -OCH3 is 2. The molecule has 6 nitrogen and oxygen atoms in total. The van der Waals surface area contributed by atoms with Gasteiger partial charge in [-0.15, -0.1) is 12.4 Å². The maximum Gasteiger partial charge on any atom is 0.333 e. The first-order valence-electron chi connectivity index (χ1n) is 5.80. The first-order chi connectivity index (χ1) is 9.13. The number of esters is 1. The molecule has 1 amide bonds. The summed E-state index contributed by atoms with van der Waals surface area (Å²) in [6, 6.07) is 7.95. The Hall–Kier alpha value is -1.63. The van der Waals surface area contributed by atoms with E-state index in [9.17, 15) is 9.59 Å². The summed E-state index contributed by atoms with van der Waals surface area (Å²) in [5.41, 5.74) is 6.04. The van der Waals surface area contributed by atoms with E-state index in [1.165, 1.54) is 14.2 Å². The number of hydrogen-bond donors (Lipinski definition) is 2. The van der Waals surface area contributed by atoms with Crippen LogP contribution in [0, 0.1) is 0 Å². The van der Waals surface area contributed by atoms with Crippen molar-refractivity contribution in [3.05, 3.63) is 35.9 Å². The third kappa shape index (κ3) is 4.80. The van der Waals surface area contributed by atoms with Crippen molar-refractivity contribution in [1.29, 1.82) is 0 Å². The Balaban J connectivity index is 0.00000361. The van der Waals surface area contributed by atoms with Crippen LogP contribution < -0.4 is 11.1 Å². The van der Waals surface area contributed by atoms with Crippen LogP contribution in [0.2, 0.25) is 0 Å². The quantitative estimate of drug-likeness (QED) is 0.743. The summed E-state index contributed by atoms with van der Waals surface area (Å²) in [5, 5.41) is 2.57. The summed E-state index contributed by atoms with van der Waals surface area (Å²) in [6.45, 7) is 0.0328. The van der Waals surface area contributed by atoms with Gasteiger partial charge in [-0.2, -0.15) is 0 Å². The Morgan fingerprint density at radius 2 is 1.85 bits per heavy atom. The molecule has 112 valence electrons. The zero-order valence-electron chi connectivity index (χ0n) is 11.4. The second-order valence-corrected chi connectivity index (χ2v) is 3.84. The van der Waals surface area contributed by atoms with Gasteiger partial charge in [0.1, 0.15) is 6.10 Å². The Morgan fingerprint density at radius 3 is 2.30 bits per heavy atom. The van der Waals surface area contributed by atoms with Gasteiger partial charge in [-0.25, -0.2) is 4.79 Å². The number of carbonyl (C=O) groups excluding carboxylic acids is 2. The van der Waals surface area contributed by atoms with Gasteiger partial charge >= 0.3 is 5.97 Å². The Labute approximate surface area is 124 Å². The van der Waals surface area contributed by atoms with E-state index in [0.29, 0.717) is 5.56 Å². The molecule has 2 atom stereocenters. The third-order valence-corrected chi connectivity index (χ3v) is 2.65. The number of hydrogen-bond acceptors (Lipinski definition) is 5. The number of benzene rings is 1. The maximum atomic E-state index is 11.9. The molecule has 1 aromatic carbocycles. The lowest BCUT2D eigenvalue weighted by molar-refractivity contribution is -0.146. The van der Waals surface area contributed by atoms with Gasteiger partial charge in [0.05, 0.1) is 7.11 Å². The molecule has 0 bridgehead atoms. The fraction of sp³-hybridized carbons (Fsp3) is 0.385. The van der Waals surface area contributed by atoms with Crippen molar-refractivity contribution < 1.29 is 19.1 Å². The second kappa shape index (κ2) is 9.30. The van der Waals surface area contributed by atoms with Gasteiger partial charge in [-0.05, 0) is 5.56 Å². The van der Waals surface area contributed by atoms with Crippen LogP contribution in [-0.2, 0) is 19.1 Å². The number of carbonyl (C=O) groups is 2. The van der Waals surface area contributed by atoms with E-state index < -0.39 is 24.0 Å². The SMILES string of the molecule is COC(=O)C(NC(=O)C(CN)OC)c1ccccc1.Cl. The van der Waals surface area contributed by atoms with Crippen molar-refractivity contribution in [3.8, 4) is 0 Å². The Bertz CT molecular complexity index is 424. The molecule has 0 saturated carbocycles. The molecule has 7 heteroatoms. The minimum Gasteiger partial charge on any atom is -0.467 e. The molecule has 0 fully saturated rings. The molecule has 20 heavy (non-hydrogen) atoms. The molecular formula is C13H19ClN2O4. The van der Waals surface area contributed by atoms with Gasteiger partial charge in [0.15, 0.2) is 6.04 Å². The van der Waals surface area contributed by atoms with Crippen molar-refractivity contribution in [2.24, 2.45) is 5.73 Å². The lowest BCUT2D eigenvalue weighted by atomic mass is 10.1. The molecule has 0 aliphatic carbocycles. The summed E-state index contributed by atoms with van der Waals surface area (Å²) in [4.78, 5) is 23.6. The van der Waals surface area contributed by atoms with Crippen molar-refractivity contribution in [1.82, 2.24) is 5.32 Å². The van der Waals surface area contributed by atoms with Gasteiger partial charge < -0.3 is 20.5 Å². The van der Waals surface area contributed by atoms with Crippen LogP contribution in [0.1, 0.15) is 11.6 Å². The molecule has 0 aromatic heterocycles. The highest BCUT2D eigenvalue weighted by Gasteiger charge is 2.26. The van der Waals surface area contributed by atoms with Crippen LogP contribution in [-0.4, -0.2) is 38.7 Å². The van der Waals surface area contributed by atoms with Crippen LogP contribution in [0.5, 0.6) is 0 Å². The topological polar surface area (TPSA) is 90.7 Å². The van der Waals surface area contributed by atoms with E-state index in [1.54, 1.807) is 24.3 Å². The van der Waals surface area contributed by atoms with Gasteiger partial charge in [-0.3, -0.25) is 4.79 Å². The first-order valence-corrected chi connectivity index (χ1v) is 5.80. The van der Waals surface area contributed by atoms with E-state index in [0.717, 1.165) is 0 Å². The summed E-state index contributed by atoms with van der Waals surface area (Å²) in [6.07, 6.45) is -0.795. The number of ether oxygens (including phenoxy) is 2. The van der Waals surface area contributed by atoms with Crippen LogP contribution in [0.15, 0.2) is 30.3 Å². The van der Waals surface area contributed by atoms with Crippen LogP contribution in [0.25, 0.3) is 0 Å². The van der Waals surface area contributed by atoms with E-state index in [1.807, 2.05) is 6.07 Å². The van der Waals surface area contributed by atoms with Gasteiger partial charge in [0, 0.05) is 13.7 Å². The minimum atomic E-state index is -0.872. The standard InChI is InChI=1S/C13H18N2O4.ClH/c1-18-10(8-14)12(16)15-11(13(17)19-2)9-6-4-3-5-7-9;/h3-7,10-11H,8,14H2,1-2H3,(H,15,16);1H. The average Bonchev–Trinajstić information content (AvgIpc) is 2.46. The maximum absolute atomic E-state index is 11.9. The molecule has 1 aromatic rings. The molecule has 0 spiro atoms. The van der Waals surface area contributed by atoms with Crippen molar-refractivity contribution in [2.45, 2.75) is 12.1 Å². The first kappa shape index (κ1) is 18.4. The van der Waals surface area contributed by atoms with E-state index in [-0.39, 0.29) is 19.0 Å². The smallest absolute Gasteiger partial charge is 0.333 e. The fourth-order valence-electron chi connectivity index (χ4n) is 1.59. The Kier molecular flexibility index (Phi) is 8.54. The molecule has 2 unspecified atom stereocenters. The molecule has 0 aliphatic rings. The Morgan fingerprint density at radius 1 is 1.25 bits per heavy atom. The predicted molar refractivity (Wildman–Crippen MR) is 76.4 cm³/mol. The number of nitrogens with one attached hydrogen (secondary N) is 1. The van der Waals surface area contributed by atoms with Crippen molar-refractivity contribution >= 4 is 24.3 Å². The lowest BCUT2D eigenvalue weighted by Gasteiger charge is -2.20. The molecule has 0 heterocycles. The van der Waals surface area contributed by atoms with Crippen LogP contribution in [0.4, 0.5) is 0 Å². The highest BCUT2D eigenvalue weighted by Crippen LogP contribution is 2.14. The molecule has 0 saturated heterocycles. The zero-order chi connectivity index (χ0) is 14.3. The van der Waals surface area contributed by atoms with Gasteiger partial charge in [0.2, 0.25) is 0 Å². The average molecular weight is 303 g/mol.